The molecule has 0 saturated heterocycles. The van der Waals surface area contributed by atoms with Crippen LogP contribution in [0, 0.1) is 0 Å². The molecule has 0 atom stereocenters. The molecule has 1 saturated carbocycles. The second-order valence-corrected chi connectivity index (χ2v) is 6.07. The molecule has 0 heterocycles. The van der Waals surface area contributed by atoms with Gasteiger partial charge in [0.15, 0.2) is 0 Å². The Balaban J connectivity index is 1.98. The van der Waals surface area contributed by atoms with Crippen LogP contribution >= 0.6 is 0 Å². The van der Waals surface area contributed by atoms with E-state index in [0.29, 0.717) is 0 Å². The van der Waals surface area contributed by atoms with Crippen molar-refractivity contribution in [3.8, 4) is 0 Å². The van der Waals surface area contributed by atoms with Gasteiger partial charge in [0.05, 0.1) is 5.60 Å². The summed E-state index contributed by atoms with van der Waals surface area (Å²) in [6.45, 7) is 1.93. The van der Waals surface area contributed by atoms with Crippen LogP contribution < -0.4 is 5.32 Å². The van der Waals surface area contributed by atoms with Gasteiger partial charge in [0.2, 0.25) is 0 Å². The lowest BCUT2D eigenvalue weighted by Crippen LogP contribution is -2.35. The highest BCUT2D eigenvalue weighted by atomic mass is 16.5. The zero-order chi connectivity index (χ0) is 14.1. The third-order valence-electron chi connectivity index (χ3n) is 4.36. The Bertz CT molecular complexity index is 355. The molecule has 1 aliphatic carbocycles. The average Bonchev–Trinajstić information content (AvgIpc) is 2.71. The van der Waals surface area contributed by atoms with Crippen molar-refractivity contribution in [1.82, 2.24) is 5.32 Å². The van der Waals surface area contributed by atoms with Gasteiger partial charge >= 0.3 is 0 Å². The minimum Gasteiger partial charge on any atom is -0.375 e. The minimum absolute atomic E-state index is 0.0889. The van der Waals surface area contributed by atoms with Crippen LogP contribution in [0.3, 0.4) is 0 Å². The Morgan fingerprint density at radius 2 is 1.75 bits per heavy atom. The first-order valence-corrected chi connectivity index (χ1v) is 8.17. The molecule has 1 fully saturated rings. The number of hydrogen-bond donors (Lipinski definition) is 1. The summed E-state index contributed by atoms with van der Waals surface area (Å²) in [4.78, 5) is 0. The van der Waals surface area contributed by atoms with E-state index >= 15 is 0 Å². The molecule has 0 aliphatic heterocycles. The van der Waals surface area contributed by atoms with Gasteiger partial charge in [-0.1, -0.05) is 56.0 Å². The Morgan fingerprint density at radius 1 is 1.05 bits per heavy atom. The third-order valence-corrected chi connectivity index (χ3v) is 4.36. The molecule has 112 valence electrons. The van der Waals surface area contributed by atoms with Crippen molar-refractivity contribution in [2.75, 3.05) is 20.2 Å². The summed E-state index contributed by atoms with van der Waals surface area (Å²) in [5, 5.41) is 3.20. The van der Waals surface area contributed by atoms with Gasteiger partial charge in [-0.25, -0.2) is 0 Å². The largest absolute Gasteiger partial charge is 0.375 e. The van der Waals surface area contributed by atoms with Gasteiger partial charge in [-0.3, -0.25) is 0 Å². The molecule has 0 spiro atoms. The van der Waals surface area contributed by atoms with Gasteiger partial charge in [0.25, 0.3) is 0 Å². The van der Waals surface area contributed by atoms with E-state index in [4.69, 9.17) is 4.74 Å². The van der Waals surface area contributed by atoms with E-state index in [2.05, 4.69) is 35.6 Å². The van der Waals surface area contributed by atoms with Crippen LogP contribution in [0.1, 0.15) is 50.5 Å². The number of benzene rings is 1. The molecule has 0 radical (unpaired) electrons. The second-order valence-electron chi connectivity index (χ2n) is 6.07. The molecule has 1 aromatic carbocycles. The van der Waals surface area contributed by atoms with Crippen molar-refractivity contribution in [1.29, 1.82) is 0 Å². The molecule has 0 bridgehead atoms. The van der Waals surface area contributed by atoms with Gasteiger partial charge in [0, 0.05) is 13.0 Å². The van der Waals surface area contributed by atoms with Crippen molar-refractivity contribution in [2.45, 2.75) is 57.0 Å². The zero-order valence-electron chi connectivity index (χ0n) is 12.9. The smallest absolute Gasteiger partial charge is 0.0722 e. The molecule has 1 aromatic rings. The van der Waals surface area contributed by atoms with Crippen molar-refractivity contribution in [3.63, 3.8) is 0 Å². The number of ether oxygens (including phenoxy) is 1. The maximum atomic E-state index is 6.42. The third kappa shape index (κ3) is 4.92. The van der Waals surface area contributed by atoms with Gasteiger partial charge in [-0.15, -0.1) is 0 Å². The highest BCUT2D eigenvalue weighted by Crippen LogP contribution is 2.33. The van der Waals surface area contributed by atoms with E-state index in [1.165, 1.54) is 44.1 Å². The van der Waals surface area contributed by atoms with E-state index in [1.54, 1.807) is 0 Å². The zero-order valence-corrected chi connectivity index (χ0v) is 12.9. The fraction of sp³-hybridized carbons (Fsp3) is 0.667. The lowest BCUT2D eigenvalue weighted by molar-refractivity contribution is -0.0567. The van der Waals surface area contributed by atoms with Crippen LogP contribution in [0.15, 0.2) is 30.3 Å². The summed E-state index contributed by atoms with van der Waals surface area (Å²) >= 11 is 0. The summed E-state index contributed by atoms with van der Waals surface area (Å²) in [5.74, 6) is 0. The first kappa shape index (κ1) is 15.5. The topological polar surface area (TPSA) is 21.3 Å². The highest BCUT2D eigenvalue weighted by molar-refractivity contribution is 5.17. The number of hydrogen-bond acceptors (Lipinski definition) is 2. The molecule has 0 amide bonds. The summed E-state index contributed by atoms with van der Waals surface area (Å²) in [6.07, 6.45) is 10.0. The molecule has 0 aromatic heterocycles. The summed E-state index contributed by atoms with van der Waals surface area (Å²) in [6, 6.07) is 10.9. The number of nitrogens with one attached hydrogen (secondary N) is 1. The SMILES string of the molecule is CNCCCOC1(Cc2ccccc2)CCCCCC1. The first-order chi connectivity index (χ1) is 9.85. The monoisotopic (exact) mass is 275 g/mol. The van der Waals surface area contributed by atoms with Crippen LogP contribution in [0.25, 0.3) is 0 Å². The molecule has 20 heavy (non-hydrogen) atoms. The maximum absolute atomic E-state index is 6.42. The van der Waals surface area contributed by atoms with Crippen LogP contribution in [0.2, 0.25) is 0 Å². The molecule has 2 rings (SSSR count). The van der Waals surface area contributed by atoms with Crippen LogP contribution in [-0.4, -0.2) is 25.8 Å². The van der Waals surface area contributed by atoms with Crippen LogP contribution in [0.5, 0.6) is 0 Å². The van der Waals surface area contributed by atoms with Gasteiger partial charge in [-0.05, 0) is 38.4 Å². The quantitative estimate of drug-likeness (QED) is 0.601. The van der Waals surface area contributed by atoms with E-state index in [1.807, 2.05) is 7.05 Å². The molecular formula is C18H29NO. The van der Waals surface area contributed by atoms with Crippen LogP contribution in [0.4, 0.5) is 0 Å². The van der Waals surface area contributed by atoms with Gasteiger partial charge in [-0.2, -0.15) is 0 Å². The van der Waals surface area contributed by atoms with E-state index in [-0.39, 0.29) is 5.60 Å². The standard InChI is InChI=1S/C18H29NO/c1-19-14-9-15-20-18(12-7-2-3-8-13-18)16-17-10-5-4-6-11-17/h4-6,10-11,19H,2-3,7-9,12-16H2,1H3. The molecule has 2 heteroatoms. The van der Waals surface area contributed by atoms with E-state index < -0.39 is 0 Å². The first-order valence-electron chi connectivity index (χ1n) is 8.17. The summed E-state index contributed by atoms with van der Waals surface area (Å²) < 4.78 is 6.42. The molecular weight excluding hydrogens is 246 g/mol. The Hall–Kier alpha value is -0.860. The van der Waals surface area contributed by atoms with Crippen molar-refractivity contribution in [3.05, 3.63) is 35.9 Å². The predicted octanol–water partition coefficient (Wildman–Crippen LogP) is 3.95. The summed E-state index contributed by atoms with van der Waals surface area (Å²) in [7, 11) is 2.01. The maximum Gasteiger partial charge on any atom is 0.0722 e. The molecule has 0 unspecified atom stereocenters. The van der Waals surface area contributed by atoms with E-state index in [9.17, 15) is 0 Å². The van der Waals surface area contributed by atoms with Crippen LogP contribution in [-0.2, 0) is 11.2 Å². The Kier molecular flexibility index (Phi) is 6.55. The summed E-state index contributed by atoms with van der Waals surface area (Å²) in [5.41, 5.74) is 1.51. The van der Waals surface area contributed by atoms with Crippen molar-refractivity contribution < 1.29 is 4.74 Å². The number of rotatable bonds is 7. The second kappa shape index (κ2) is 8.43. The van der Waals surface area contributed by atoms with Gasteiger partial charge in [0.1, 0.15) is 0 Å². The van der Waals surface area contributed by atoms with E-state index in [0.717, 1.165) is 26.0 Å². The Labute approximate surface area is 123 Å². The lowest BCUT2D eigenvalue weighted by Gasteiger charge is -2.33. The fourth-order valence-corrected chi connectivity index (χ4v) is 3.25. The highest BCUT2D eigenvalue weighted by Gasteiger charge is 2.31. The van der Waals surface area contributed by atoms with Gasteiger partial charge < -0.3 is 10.1 Å². The predicted molar refractivity (Wildman–Crippen MR) is 85.1 cm³/mol. The normalized spacial score (nSPS) is 18.6. The molecule has 2 nitrogen and oxygen atoms in total. The lowest BCUT2D eigenvalue weighted by atomic mass is 9.87. The van der Waals surface area contributed by atoms with Crippen molar-refractivity contribution >= 4 is 0 Å². The molecule has 1 N–H and O–H groups in total. The fourth-order valence-electron chi connectivity index (χ4n) is 3.25. The van der Waals surface area contributed by atoms with Crippen molar-refractivity contribution in [2.24, 2.45) is 0 Å². The minimum atomic E-state index is 0.0889. The molecule has 1 aliphatic rings. The Morgan fingerprint density at radius 3 is 2.40 bits per heavy atom. The average molecular weight is 275 g/mol.